The molecular formula is C11H7NO2S. The van der Waals surface area contributed by atoms with Crippen LogP contribution in [0.4, 0.5) is 5.69 Å². The molecule has 1 aliphatic rings. The molecule has 2 heterocycles. The van der Waals surface area contributed by atoms with E-state index in [2.05, 4.69) is 5.32 Å². The summed E-state index contributed by atoms with van der Waals surface area (Å²) in [6.45, 7) is 0. The van der Waals surface area contributed by atoms with E-state index in [1.165, 1.54) is 11.3 Å². The quantitative estimate of drug-likeness (QED) is 0.736. The lowest BCUT2D eigenvalue weighted by Gasteiger charge is -2.02. The first-order chi connectivity index (χ1) is 7.34. The second-order valence-corrected chi connectivity index (χ2v) is 4.05. The SMILES string of the molecule is O=C1Nc2ccsc2Oc2ccccc21. The van der Waals surface area contributed by atoms with Gasteiger partial charge < -0.3 is 10.1 Å². The van der Waals surface area contributed by atoms with Crippen molar-refractivity contribution in [2.45, 2.75) is 0 Å². The summed E-state index contributed by atoms with van der Waals surface area (Å²) in [6, 6.07) is 9.06. The molecule has 1 amide bonds. The maximum atomic E-state index is 11.8. The normalized spacial score (nSPS) is 13.2. The summed E-state index contributed by atoms with van der Waals surface area (Å²) in [7, 11) is 0. The van der Waals surface area contributed by atoms with Crippen molar-refractivity contribution in [2.24, 2.45) is 0 Å². The molecule has 0 saturated carbocycles. The third-order valence-corrected chi connectivity index (χ3v) is 3.00. The third kappa shape index (κ3) is 1.30. The summed E-state index contributed by atoms with van der Waals surface area (Å²) in [6.07, 6.45) is 0. The number of fused-ring (bicyclic) bond motifs is 2. The zero-order valence-electron chi connectivity index (χ0n) is 7.69. The molecule has 1 N–H and O–H groups in total. The topological polar surface area (TPSA) is 38.3 Å². The molecule has 0 aliphatic carbocycles. The highest BCUT2D eigenvalue weighted by Gasteiger charge is 2.20. The molecule has 0 fully saturated rings. The van der Waals surface area contributed by atoms with Gasteiger partial charge in [0, 0.05) is 0 Å². The number of hydrogen-bond donors (Lipinski definition) is 1. The highest BCUT2D eigenvalue weighted by molar-refractivity contribution is 7.12. The minimum absolute atomic E-state index is 0.122. The number of rotatable bonds is 0. The Balaban J connectivity index is 2.19. The number of anilines is 1. The summed E-state index contributed by atoms with van der Waals surface area (Å²) in [5, 5.41) is 5.42. The van der Waals surface area contributed by atoms with E-state index >= 15 is 0 Å². The fourth-order valence-electron chi connectivity index (χ4n) is 1.50. The lowest BCUT2D eigenvalue weighted by molar-refractivity contribution is 0.102. The smallest absolute Gasteiger partial charge is 0.259 e. The van der Waals surface area contributed by atoms with E-state index in [-0.39, 0.29) is 5.91 Å². The van der Waals surface area contributed by atoms with Crippen LogP contribution in [-0.2, 0) is 0 Å². The first kappa shape index (κ1) is 8.49. The van der Waals surface area contributed by atoms with Gasteiger partial charge in [-0.15, -0.1) is 11.3 Å². The van der Waals surface area contributed by atoms with Crippen molar-refractivity contribution in [2.75, 3.05) is 5.32 Å². The summed E-state index contributed by atoms with van der Waals surface area (Å²) >= 11 is 1.47. The lowest BCUT2D eigenvalue weighted by atomic mass is 10.2. The van der Waals surface area contributed by atoms with Crippen LogP contribution in [0.3, 0.4) is 0 Å². The minimum atomic E-state index is -0.122. The molecule has 0 bridgehead atoms. The number of para-hydroxylation sites is 1. The van der Waals surface area contributed by atoms with E-state index in [0.29, 0.717) is 11.3 Å². The Morgan fingerprint density at radius 3 is 3.00 bits per heavy atom. The van der Waals surface area contributed by atoms with Gasteiger partial charge in [0.15, 0.2) is 0 Å². The van der Waals surface area contributed by atoms with Gasteiger partial charge >= 0.3 is 0 Å². The maximum Gasteiger partial charge on any atom is 0.259 e. The molecular weight excluding hydrogens is 210 g/mol. The molecule has 0 saturated heterocycles. The van der Waals surface area contributed by atoms with Crippen molar-refractivity contribution in [3.63, 3.8) is 0 Å². The van der Waals surface area contributed by atoms with Gasteiger partial charge in [-0.3, -0.25) is 4.79 Å². The van der Waals surface area contributed by atoms with Crippen LogP contribution >= 0.6 is 11.3 Å². The van der Waals surface area contributed by atoms with Gasteiger partial charge in [0.25, 0.3) is 5.91 Å². The van der Waals surface area contributed by atoms with Gasteiger partial charge in [-0.25, -0.2) is 0 Å². The Labute approximate surface area is 90.3 Å². The highest BCUT2D eigenvalue weighted by atomic mass is 32.1. The summed E-state index contributed by atoms with van der Waals surface area (Å²) in [5.41, 5.74) is 1.31. The Morgan fingerprint density at radius 1 is 1.20 bits per heavy atom. The van der Waals surface area contributed by atoms with Crippen LogP contribution in [0.2, 0.25) is 0 Å². The molecule has 0 radical (unpaired) electrons. The standard InChI is InChI=1S/C11H7NO2S/c13-10-7-3-1-2-4-9(7)14-11-8(12-10)5-6-15-11/h1-6H,(H,12,13). The first-order valence-electron chi connectivity index (χ1n) is 4.50. The van der Waals surface area contributed by atoms with E-state index in [1.807, 2.05) is 23.6 Å². The molecule has 3 rings (SSSR count). The summed E-state index contributed by atoms with van der Waals surface area (Å²) in [4.78, 5) is 11.8. The zero-order valence-corrected chi connectivity index (χ0v) is 8.51. The van der Waals surface area contributed by atoms with E-state index in [1.54, 1.807) is 12.1 Å². The van der Waals surface area contributed by atoms with E-state index in [0.717, 1.165) is 10.8 Å². The second kappa shape index (κ2) is 3.10. The number of thiophene rings is 1. The van der Waals surface area contributed by atoms with Crippen LogP contribution in [-0.4, -0.2) is 5.91 Å². The molecule has 1 aliphatic heterocycles. The van der Waals surface area contributed by atoms with Crippen LogP contribution in [0.5, 0.6) is 10.8 Å². The molecule has 0 spiro atoms. The van der Waals surface area contributed by atoms with Gasteiger partial charge in [-0.2, -0.15) is 0 Å². The Morgan fingerprint density at radius 2 is 2.07 bits per heavy atom. The predicted molar refractivity (Wildman–Crippen MR) is 58.8 cm³/mol. The van der Waals surface area contributed by atoms with Crippen molar-refractivity contribution in [1.29, 1.82) is 0 Å². The molecule has 1 aromatic carbocycles. The number of carbonyl (C=O) groups is 1. The fourth-order valence-corrected chi connectivity index (χ4v) is 2.21. The number of carbonyl (C=O) groups excluding carboxylic acids is 1. The summed E-state index contributed by atoms with van der Waals surface area (Å²) in [5.74, 6) is 0.485. The van der Waals surface area contributed by atoms with Crippen molar-refractivity contribution in [1.82, 2.24) is 0 Å². The average Bonchev–Trinajstić information content (AvgIpc) is 2.61. The van der Waals surface area contributed by atoms with Crippen LogP contribution in [0, 0.1) is 0 Å². The van der Waals surface area contributed by atoms with Crippen molar-refractivity contribution in [3.05, 3.63) is 41.3 Å². The minimum Gasteiger partial charge on any atom is -0.444 e. The Kier molecular flexibility index (Phi) is 1.76. The molecule has 0 unspecified atom stereocenters. The Hall–Kier alpha value is -1.81. The van der Waals surface area contributed by atoms with Crippen LogP contribution in [0.15, 0.2) is 35.7 Å². The number of amides is 1. The molecule has 0 atom stereocenters. The van der Waals surface area contributed by atoms with Crippen molar-refractivity contribution < 1.29 is 9.53 Å². The molecule has 3 nitrogen and oxygen atoms in total. The van der Waals surface area contributed by atoms with Crippen LogP contribution in [0.1, 0.15) is 10.4 Å². The zero-order chi connectivity index (χ0) is 10.3. The van der Waals surface area contributed by atoms with Gasteiger partial charge in [0.05, 0.1) is 11.3 Å². The maximum absolute atomic E-state index is 11.8. The first-order valence-corrected chi connectivity index (χ1v) is 5.38. The number of hydrogen-bond acceptors (Lipinski definition) is 3. The third-order valence-electron chi connectivity index (χ3n) is 2.21. The number of benzene rings is 1. The molecule has 74 valence electrons. The van der Waals surface area contributed by atoms with Gasteiger partial charge in [-0.1, -0.05) is 12.1 Å². The van der Waals surface area contributed by atoms with Crippen molar-refractivity contribution in [3.8, 4) is 10.8 Å². The number of nitrogens with one attached hydrogen (secondary N) is 1. The molecule has 1 aromatic heterocycles. The van der Waals surface area contributed by atoms with Gasteiger partial charge in [-0.05, 0) is 23.6 Å². The molecule has 4 heteroatoms. The second-order valence-electron chi connectivity index (χ2n) is 3.17. The van der Waals surface area contributed by atoms with E-state index in [4.69, 9.17) is 4.74 Å². The number of ether oxygens (including phenoxy) is 1. The largest absolute Gasteiger partial charge is 0.444 e. The van der Waals surface area contributed by atoms with E-state index in [9.17, 15) is 4.79 Å². The van der Waals surface area contributed by atoms with Crippen molar-refractivity contribution >= 4 is 22.9 Å². The fraction of sp³-hybridized carbons (Fsp3) is 0. The predicted octanol–water partition coefficient (Wildman–Crippen LogP) is 3.11. The Bertz CT molecular complexity index is 533. The summed E-state index contributed by atoms with van der Waals surface area (Å²) < 4.78 is 5.65. The molecule has 2 aromatic rings. The van der Waals surface area contributed by atoms with Gasteiger partial charge in [0.2, 0.25) is 5.06 Å². The van der Waals surface area contributed by atoms with Crippen LogP contribution < -0.4 is 10.1 Å². The highest BCUT2D eigenvalue weighted by Crippen LogP contribution is 2.39. The van der Waals surface area contributed by atoms with Crippen LogP contribution in [0.25, 0.3) is 0 Å². The van der Waals surface area contributed by atoms with E-state index < -0.39 is 0 Å². The average molecular weight is 217 g/mol. The monoisotopic (exact) mass is 217 g/mol. The lowest BCUT2D eigenvalue weighted by Crippen LogP contribution is -2.09. The molecule has 15 heavy (non-hydrogen) atoms. The van der Waals surface area contributed by atoms with Gasteiger partial charge in [0.1, 0.15) is 5.75 Å².